The summed E-state index contributed by atoms with van der Waals surface area (Å²) < 4.78 is 5.91. The number of hydrogen-bond acceptors (Lipinski definition) is 6. The van der Waals surface area contributed by atoms with Crippen molar-refractivity contribution in [1.29, 1.82) is 0 Å². The predicted octanol–water partition coefficient (Wildman–Crippen LogP) is 5.12. The molecule has 0 saturated heterocycles. The van der Waals surface area contributed by atoms with Crippen LogP contribution in [0.2, 0.25) is 0 Å². The summed E-state index contributed by atoms with van der Waals surface area (Å²) in [6.07, 6.45) is 5.28. The van der Waals surface area contributed by atoms with E-state index in [1.165, 1.54) is 11.8 Å². The standard InChI is InChI=1S/C24H20N4O3S/c29-22(15-6-7-15)27-16-8-10-17(11-9-16)28-23(30)21-19(14-32-24-25-12-3-13-26-24)18-4-1-2-5-20(18)31-21/h1-5,8-13,15H,6-7,14H2,(H,27,29)(H,28,30). The van der Waals surface area contributed by atoms with Crippen LogP contribution in [0.3, 0.4) is 0 Å². The number of fused-ring (bicyclic) bond motifs is 1. The first-order valence-corrected chi connectivity index (χ1v) is 11.3. The van der Waals surface area contributed by atoms with Gasteiger partial charge in [0, 0.05) is 46.4 Å². The molecule has 0 spiro atoms. The maximum absolute atomic E-state index is 13.1. The second-order valence-corrected chi connectivity index (χ2v) is 8.46. The van der Waals surface area contributed by atoms with Crippen molar-refractivity contribution in [2.45, 2.75) is 23.8 Å². The van der Waals surface area contributed by atoms with Crippen molar-refractivity contribution in [1.82, 2.24) is 9.97 Å². The van der Waals surface area contributed by atoms with Crippen molar-refractivity contribution in [3.63, 3.8) is 0 Å². The van der Waals surface area contributed by atoms with Crippen LogP contribution in [0.1, 0.15) is 29.0 Å². The lowest BCUT2D eigenvalue weighted by molar-refractivity contribution is -0.117. The molecule has 5 rings (SSSR count). The molecule has 2 amide bonds. The van der Waals surface area contributed by atoms with Crippen molar-refractivity contribution in [3.8, 4) is 0 Å². The molecule has 1 aliphatic carbocycles. The third-order valence-corrected chi connectivity index (χ3v) is 6.05. The molecule has 4 aromatic rings. The third-order valence-electron chi connectivity index (χ3n) is 5.15. The fourth-order valence-electron chi connectivity index (χ4n) is 3.34. The summed E-state index contributed by atoms with van der Waals surface area (Å²) in [5.74, 6) is 0.616. The van der Waals surface area contributed by atoms with Gasteiger partial charge in [-0.05, 0) is 49.2 Å². The maximum atomic E-state index is 13.1. The average Bonchev–Trinajstić information content (AvgIpc) is 3.61. The highest BCUT2D eigenvalue weighted by Crippen LogP contribution is 2.32. The number of amides is 2. The number of benzene rings is 2. The molecular weight excluding hydrogens is 424 g/mol. The second kappa shape index (κ2) is 8.84. The van der Waals surface area contributed by atoms with Crippen LogP contribution in [0.4, 0.5) is 11.4 Å². The minimum absolute atomic E-state index is 0.0496. The number of thioether (sulfide) groups is 1. The third kappa shape index (κ3) is 4.50. The molecule has 2 N–H and O–H groups in total. The van der Waals surface area contributed by atoms with E-state index in [-0.39, 0.29) is 23.5 Å². The molecule has 160 valence electrons. The molecule has 0 unspecified atom stereocenters. The van der Waals surface area contributed by atoms with Crippen LogP contribution in [0.25, 0.3) is 11.0 Å². The monoisotopic (exact) mass is 444 g/mol. The molecule has 0 atom stereocenters. The lowest BCUT2D eigenvalue weighted by Crippen LogP contribution is -2.14. The Kier molecular flexibility index (Phi) is 5.60. The molecule has 1 saturated carbocycles. The number of aromatic nitrogens is 2. The number of hydrogen-bond donors (Lipinski definition) is 2. The van der Waals surface area contributed by atoms with E-state index >= 15 is 0 Å². The number of carbonyl (C=O) groups excluding carboxylic acids is 2. The summed E-state index contributed by atoms with van der Waals surface area (Å²) in [5, 5.41) is 7.30. The van der Waals surface area contributed by atoms with Crippen molar-refractivity contribution in [3.05, 3.63) is 78.3 Å². The number of nitrogens with one attached hydrogen (secondary N) is 2. The smallest absolute Gasteiger partial charge is 0.291 e. The van der Waals surface area contributed by atoms with Gasteiger partial charge < -0.3 is 15.1 Å². The number of carbonyl (C=O) groups is 2. The summed E-state index contributed by atoms with van der Waals surface area (Å²) in [6, 6.07) is 16.4. The van der Waals surface area contributed by atoms with Gasteiger partial charge in [-0.25, -0.2) is 9.97 Å². The van der Waals surface area contributed by atoms with Crippen LogP contribution in [0.15, 0.2) is 76.6 Å². The van der Waals surface area contributed by atoms with Crippen molar-refractivity contribution in [2.75, 3.05) is 10.6 Å². The minimum atomic E-state index is -0.333. The molecule has 2 aromatic heterocycles. The molecule has 2 aromatic carbocycles. The van der Waals surface area contributed by atoms with Crippen LogP contribution in [0.5, 0.6) is 0 Å². The van der Waals surface area contributed by atoms with E-state index in [4.69, 9.17) is 4.42 Å². The van der Waals surface area contributed by atoms with Crippen molar-refractivity contribution < 1.29 is 14.0 Å². The van der Waals surface area contributed by atoms with E-state index < -0.39 is 0 Å². The van der Waals surface area contributed by atoms with E-state index in [1.807, 2.05) is 24.3 Å². The summed E-state index contributed by atoms with van der Waals surface area (Å²) in [6.45, 7) is 0. The van der Waals surface area contributed by atoms with Crippen molar-refractivity contribution >= 4 is 45.9 Å². The number of furan rings is 1. The fourth-order valence-corrected chi connectivity index (χ4v) is 4.17. The lowest BCUT2D eigenvalue weighted by atomic mass is 10.1. The topological polar surface area (TPSA) is 97.1 Å². The van der Waals surface area contributed by atoms with Gasteiger partial charge in [0.15, 0.2) is 10.9 Å². The van der Waals surface area contributed by atoms with Gasteiger partial charge in [-0.3, -0.25) is 9.59 Å². The van der Waals surface area contributed by atoms with E-state index in [2.05, 4.69) is 20.6 Å². The summed E-state index contributed by atoms with van der Waals surface area (Å²) in [5.41, 5.74) is 2.78. The van der Waals surface area contributed by atoms with Crippen LogP contribution in [-0.4, -0.2) is 21.8 Å². The molecule has 0 aliphatic heterocycles. The first-order valence-electron chi connectivity index (χ1n) is 10.3. The van der Waals surface area contributed by atoms with E-state index in [1.54, 1.807) is 42.7 Å². The Morgan fingerprint density at radius 3 is 2.34 bits per heavy atom. The molecule has 2 heterocycles. The van der Waals surface area contributed by atoms with Gasteiger partial charge in [0.25, 0.3) is 5.91 Å². The van der Waals surface area contributed by atoms with Crippen LogP contribution in [0, 0.1) is 5.92 Å². The van der Waals surface area contributed by atoms with Crippen molar-refractivity contribution in [2.24, 2.45) is 5.92 Å². The number of para-hydroxylation sites is 1. The summed E-state index contributed by atoms with van der Waals surface area (Å²) in [4.78, 5) is 33.4. The molecule has 1 aliphatic rings. The second-order valence-electron chi connectivity index (χ2n) is 7.52. The highest BCUT2D eigenvalue weighted by molar-refractivity contribution is 7.98. The zero-order valence-electron chi connectivity index (χ0n) is 17.1. The van der Waals surface area contributed by atoms with Gasteiger partial charge in [0.2, 0.25) is 5.91 Å². The molecule has 32 heavy (non-hydrogen) atoms. The zero-order chi connectivity index (χ0) is 21.9. The first kappa shape index (κ1) is 20.3. The maximum Gasteiger partial charge on any atom is 0.291 e. The van der Waals surface area contributed by atoms with Crippen LogP contribution in [-0.2, 0) is 10.5 Å². The number of nitrogens with zero attached hydrogens (tertiary/aromatic N) is 2. The highest BCUT2D eigenvalue weighted by atomic mass is 32.2. The van der Waals surface area contributed by atoms with E-state index in [9.17, 15) is 9.59 Å². The van der Waals surface area contributed by atoms with Gasteiger partial charge in [0.05, 0.1) is 0 Å². The SMILES string of the molecule is O=C(Nc1ccc(NC(=O)C2CC2)cc1)c1oc2ccccc2c1CSc1ncccn1. The molecular formula is C24H20N4O3S. The Labute approximate surface area is 188 Å². The van der Waals surface area contributed by atoms with E-state index in [0.717, 1.165) is 23.8 Å². The quantitative estimate of drug-likeness (QED) is 0.303. The Hall–Kier alpha value is -3.65. The predicted molar refractivity (Wildman–Crippen MR) is 124 cm³/mol. The van der Waals surface area contributed by atoms with Gasteiger partial charge >= 0.3 is 0 Å². The zero-order valence-corrected chi connectivity index (χ0v) is 17.9. The van der Waals surface area contributed by atoms with Crippen LogP contribution < -0.4 is 10.6 Å². The molecule has 0 radical (unpaired) electrons. The Bertz CT molecular complexity index is 1270. The van der Waals surface area contributed by atoms with Gasteiger partial charge in [-0.1, -0.05) is 30.0 Å². The minimum Gasteiger partial charge on any atom is -0.451 e. The first-order chi connectivity index (χ1) is 15.7. The molecule has 1 fully saturated rings. The number of rotatable bonds is 7. The fraction of sp³-hybridized carbons (Fsp3) is 0.167. The Balaban J connectivity index is 1.34. The van der Waals surface area contributed by atoms with Gasteiger partial charge in [0.1, 0.15) is 5.58 Å². The normalized spacial score (nSPS) is 13.1. The Morgan fingerprint density at radius 1 is 0.938 bits per heavy atom. The molecule has 8 heteroatoms. The lowest BCUT2D eigenvalue weighted by Gasteiger charge is -2.08. The summed E-state index contributed by atoms with van der Waals surface area (Å²) in [7, 11) is 0. The van der Waals surface area contributed by atoms with Gasteiger partial charge in [-0.15, -0.1) is 0 Å². The Morgan fingerprint density at radius 2 is 1.62 bits per heavy atom. The van der Waals surface area contributed by atoms with Gasteiger partial charge in [-0.2, -0.15) is 0 Å². The number of anilines is 2. The average molecular weight is 445 g/mol. The molecule has 7 nitrogen and oxygen atoms in total. The molecule has 0 bridgehead atoms. The van der Waals surface area contributed by atoms with E-state index in [0.29, 0.717) is 27.9 Å². The highest BCUT2D eigenvalue weighted by Gasteiger charge is 2.29. The largest absolute Gasteiger partial charge is 0.451 e. The summed E-state index contributed by atoms with van der Waals surface area (Å²) >= 11 is 1.44. The van der Waals surface area contributed by atoms with Crippen LogP contribution >= 0.6 is 11.8 Å².